The average molecular weight is 661 g/mol. The van der Waals surface area contributed by atoms with Crippen LogP contribution in [0.2, 0.25) is 0 Å². The topological polar surface area (TPSA) is 52.6 Å². The molecule has 0 radical (unpaired) electrons. The quantitative estimate of drug-likeness (QED) is 0.0876. The molecular formula is C45H56O4. The standard InChI is InChI=1S/C45H56O4/c1-8-10-12-14-16-18-24-38-26-20-22-28-40(38)32-30-36(3)48-43(46)42(34-35-45(5,6)7)44(47)49-37(4)31-33-41-29-23-21-27-39(41)25-19-17-15-13-11-9-2/h20-23,26-29,36-37,42H,8-17,34-35H2,1-7H3. The molecule has 0 aliphatic rings. The van der Waals surface area contributed by atoms with Crippen LogP contribution in [0.15, 0.2) is 48.5 Å². The van der Waals surface area contributed by atoms with Gasteiger partial charge in [-0.05, 0) is 69.2 Å². The first kappa shape index (κ1) is 40.8. The molecule has 0 amide bonds. The summed E-state index contributed by atoms with van der Waals surface area (Å²) in [5.41, 5.74) is 3.17. The maximum absolute atomic E-state index is 13.4. The first-order valence-electron chi connectivity index (χ1n) is 18.1. The van der Waals surface area contributed by atoms with Crippen LogP contribution in [0.3, 0.4) is 0 Å². The van der Waals surface area contributed by atoms with Crippen LogP contribution in [-0.2, 0) is 19.1 Å². The van der Waals surface area contributed by atoms with Crippen molar-refractivity contribution in [2.45, 2.75) is 138 Å². The van der Waals surface area contributed by atoms with Crippen molar-refractivity contribution in [2.24, 2.45) is 11.3 Å². The lowest BCUT2D eigenvalue weighted by Crippen LogP contribution is -2.32. The van der Waals surface area contributed by atoms with Crippen LogP contribution in [0.4, 0.5) is 0 Å². The van der Waals surface area contributed by atoms with Crippen molar-refractivity contribution in [3.05, 3.63) is 70.8 Å². The van der Waals surface area contributed by atoms with E-state index in [-0.39, 0.29) is 5.41 Å². The molecule has 0 heterocycles. The molecular weight excluding hydrogens is 604 g/mol. The number of carbonyl (C=O) groups excluding carboxylic acids is 2. The summed E-state index contributed by atoms with van der Waals surface area (Å²) >= 11 is 0. The Hall–Kier alpha value is -4.38. The highest BCUT2D eigenvalue weighted by molar-refractivity contribution is 5.95. The zero-order chi connectivity index (χ0) is 35.9. The molecule has 0 N–H and O–H groups in total. The molecule has 260 valence electrons. The van der Waals surface area contributed by atoms with E-state index in [2.05, 4.69) is 82.0 Å². The van der Waals surface area contributed by atoms with Crippen LogP contribution < -0.4 is 0 Å². The predicted octanol–water partition coefficient (Wildman–Crippen LogP) is 10.0. The van der Waals surface area contributed by atoms with Crippen LogP contribution in [-0.4, -0.2) is 24.1 Å². The number of esters is 2. The van der Waals surface area contributed by atoms with Gasteiger partial charge < -0.3 is 9.47 Å². The summed E-state index contributed by atoms with van der Waals surface area (Å²) in [7, 11) is 0. The van der Waals surface area contributed by atoms with E-state index >= 15 is 0 Å². The third-order valence-electron chi connectivity index (χ3n) is 7.77. The average Bonchev–Trinajstić information content (AvgIpc) is 3.06. The molecule has 0 fully saturated rings. The molecule has 49 heavy (non-hydrogen) atoms. The van der Waals surface area contributed by atoms with Gasteiger partial charge in [-0.25, -0.2) is 0 Å². The van der Waals surface area contributed by atoms with Crippen molar-refractivity contribution in [1.82, 2.24) is 0 Å². The Labute approximate surface area is 297 Å². The van der Waals surface area contributed by atoms with Crippen LogP contribution in [0, 0.1) is 58.7 Å². The lowest BCUT2D eigenvalue weighted by molar-refractivity contribution is -0.165. The lowest BCUT2D eigenvalue weighted by Gasteiger charge is -2.22. The maximum atomic E-state index is 13.4. The number of carbonyl (C=O) groups is 2. The number of hydrogen-bond donors (Lipinski definition) is 0. The van der Waals surface area contributed by atoms with Crippen molar-refractivity contribution in [3.63, 3.8) is 0 Å². The Morgan fingerprint density at radius 2 is 1.00 bits per heavy atom. The Kier molecular flexibility index (Phi) is 19.2. The van der Waals surface area contributed by atoms with Gasteiger partial charge in [-0.1, -0.05) is 145 Å². The fourth-order valence-electron chi connectivity index (χ4n) is 4.84. The Morgan fingerprint density at radius 1 is 0.612 bits per heavy atom. The maximum Gasteiger partial charge on any atom is 0.321 e. The van der Waals surface area contributed by atoms with E-state index in [1.54, 1.807) is 13.8 Å². The van der Waals surface area contributed by atoms with Crippen LogP contribution >= 0.6 is 0 Å². The van der Waals surface area contributed by atoms with Crippen LogP contribution in [0.1, 0.15) is 148 Å². The van der Waals surface area contributed by atoms with Gasteiger partial charge in [-0.15, -0.1) is 0 Å². The van der Waals surface area contributed by atoms with Gasteiger partial charge in [0.25, 0.3) is 0 Å². The number of hydrogen-bond acceptors (Lipinski definition) is 4. The first-order valence-corrected chi connectivity index (χ1v) is 18.1. The van der Waals surface area contributed by atoms with E-state index in [0.29, 0.717) is 12.8 Å². The second-order valence-electron chi connectivity index (χ2n) is 13.7. The zero-order valence-corrected chi connectivity index (χ0v) is 31.0. The lowest BCUT2D eigenvalue weighted by atomic mass is 9.86. The van der Waals surface area contributed by atoms with Crippen molar-refractivity contribution >= 4 is 11.9 Å². The molecule has 0 aliphatic heterocycles. The largest absolute Gasteiger partial charge is 0.449 e. The summed E-state index contributed by atoms with van der Waals surface area (Å²) < 4.78 is 11.4. The highest BCUT2D eigenvalue weighted by Gasteiger charge is 2.32. The summed E-state index contributed by atoms with van der Waals surface area (Å²) in [4.78, 5) is 26.7. The normalized spacial score (nSPS) is 12.2. The van der Waals surface area contributed by atoms with E-state index in [4.69, 9.17) is 9.47 Å². The monoisotopic (exact) mass is 660 g/mol. The summed E-state index contributed by atoms with van der Waals surface area (Å²) in [6.45, 7) is 14.0. The molecule has 0 aromatic heterocycles. The zero-order valence-electron chi connectivity index (χ0n) is 31.0. The van der Waals surface area contributed by atoms with Gasteiger partial charge in [0.1, 0.15) is 0 Å². The summed E-state index contributed by atoms with van der Waals surface area (Å²) in [5.74, 6) is 22.9. The highest BCUT2D eigenvalue weighted by atomic mass is 16.6. The number of ether oxygens (including phenoxy) is 2. The fraction of sp³-hybridized carbons (Fsp3) is 0.511. The van der Waals surface area contributed by atoms with Crippen LogP contribution in [0.5, 0.6) is 0 Å². The van der Waals surface area contributed by atoms with Crippen molar-refractivity contribution in [2.75, 3.05) is 0 Å². The first-order chi connectivity index (χ1) is 23.5. The second-order valence-corrected chi connectivity index (χ2v) is 13.7. The van der Waals surface area contributed by atoms with E-state index in [1.807, 2.05) is 48.5 Å². The fourth-order valence-corrected chi connectivity index (χ4v) is 4.84. The van der Waals surface area contributed by atoms with Crippen molar-refractivity contribution in [1.29, 1.82) is 0 Å². The molecule has 2 aromatic rings. The minimum Gasteiger partial charge on any atom is -0.449 e. The van der Waals surface area contributed by atoms with Crippen molar-refractivity contribution < 1.29 is 19.1 Å². The Bertz CT molecular complexity index is 1470. The number of benzene rings is 2. The molecule has 0 spiro atoms. The predicted molar refractivity (Wildman–Crippen MR) is 201 cm³/mol. The summed E-state index contributed by atoms with van der Waals surface area (Å²) in [5, 5.41) is 0. The van der Waals surface area contributed by atoms with Crippen LogP contribution in [0.25, 0.3) is 0 Å². The SMILES string of the molecule is CCCCCCC#Cc1ccccc1C#CC(C)OC(=O)C(CCC(C)(C)C)C(=O)OC(C)C#Cc1ccccc1C#CCCCCCC. The molecule has 2 atom stereocenters. The van der Waals surface area contributed by atoms with E-state index in [1.165, 1.54) is 38.5 Å². The molecule has 0 bridgehead atoms. The third-order valence-corrected chi connectivity index (χ3v) is 7.77. The van der Waals surface area contributed by atoms with E-state index in [9.17, 15) is 9.59 Å². The molecule has 2 aromatic carbocycles. The molecule has 2 rings (SSSR count). The highest BCUT2D eigenvalue weighted by Crippen LogP contribution is 2.25. The number of rotatable bonds is 14. The van der Waals surface area contributed by atoms with Gasteiger partial charge in [0.05, 0.1) is 0 Å². The summed E-state index contributed by atoms with van der Waals surface area (Å²) in [6, 6.07) is 15.4. The second kappa shape index (κ2) is 23.1. The van der Waals surface area contributed by atoms with Gasteiger partial charge >= 0.3 is 11.9 Å². The van der Waals surface area contributed by atoms with Gasteiger partial charge in [0, 0.05) is 35.1 Å². The van der Waals surface area contributed by atoms with Crippen molar-refractivity contribution in [3.8, 4) is 47.4 Å². The minimum atomic E-state index is -1.08. The van der Waals surface area contributed by atoms with E-state index in [0.717, 1.165) is 47.9 Å². The smallest absolute Gasteiger partial charge is 0.321 e. The molecule has 4 nitrogen and oxygen atoms in total. The van der Waals surface area contributed by atoms with E-state index < -0.39 is 30.1 Å². The molecule has 0 aliphatic carbocycles. The minimum absolute atomic E-state index is 0.0862. The molecule has 4 heteroatoms. The van der Waals surface area contributed by atoms with Gasteiger partial charge in [0.15, 0.2) is 18.1 Å². The summed E-state index contributed by atoms with van der Waals surface area (Å²) in [6.07, 6.45) is 10.6. The molecule has 2 unspecified atom stereocenters. The Morgan fingerprint density at radius 3 is 1.37 bits per heavy atom. The molecule has 0 saturated carbocycles. The third kappa shape index (κ3) is 17.5. The van der Waals surface area contributed by atoms with Gasteiger partial charge in [-0.2, -0.15) is 0 Å². The molecule has 0 saturated heterocycles. The van der Waals surface area contributed by atoms with Gasteiger partial charge in [0.2, 0.25) is 0 Å². The van der Waals surface area contributed by atoms with Gasteiger partial charge in [-0.3, -0.25) is 9.59 Å². The number of unbranched alkanes of at least 4 members (excludes halogenated alkanes) is 8. The Balaban J connectivity index is 2.11.